The summed E-state index contributed by atoms with van der Waals surface area (Å²) in [7, 11) is -3.61. The number of amides is 1. The molecule has 3 rings (SSSR count). The third-order valence-electron chi connectivity index (χ3n) is 4.86. The monoisotopic (exact) mass is 452 g/mol. The van der Waals surface area contributed by atoms with E-state index < -0.39 is 10.0 Å². The number of hydrogen-bond donors (Lipinski definition) is 1. The standard InChI is InChI=1S/C21H25ClN2O3S2/c22-19-8-10-20(11-9-19)29(26,27)24-13-4-7-18(15-24)21(25)23-12-14-28-16-17-5-2-1-3-6-17/h1-3,5-6,8-11,18H,4,7,12-16H2,(H,23,25)/t18-/m0/s1. The van der Waals surface area contributed by atoms with E-state index in [9.17, 15) is 13.2 Å². The van der Waals surface area contributed by atoms with E-state index in [1.807, 2.05) is 18.2 Å². The first kappa shape index (κ1) is 22.2. The molecule has 0 spiro atoms. The highest BCUT2D eigenvalue weighted by Crippen LogP contribution is 2.25. The van der Waals surface area contributed by atoms with Crippen molar-refractivity contribution in [3.8, 4) is 0 Å². The summed E-state index contributed by atoms with van der Waals surface area (Å²) in [6.45, 7) is 1.23. The minimum atomic E-state index is -3.61. The number of nitrogens with one attached hydrogen (secondary N) is 1. The van der Waals surface area contributed by atoms with Crippen molar-refractivity contribution in [2.75, 3.05) is 25.4 Å². The quantitative estimate of drug-likeness (QED) is 0.619. The van der Waals surface area contributed by atoms with Crippen molar-refractivity contribution >= 4 is 39.3 Å². The molecular formula is C21H25ClN2O3S2. The zero-order chi connectivity index (χ0) is 20.7. The average molecular weight is 453 g/mol. The number of carbonyl (C=O) groups is 1. The Morgan fingerprint density at radius 3 is 2.59 bits per heavy atom. The van der Waals surface area contributed by atoms with E-state index in [4.69, 9.17) is 11.6 Å². The smallest absolute Gasteiger partial charge is 0.243 e. The second-order valence-corrected chi connectivity index (χ2v) is 10.5. The SMILES string of the molecule is O=C(NCCSCc1ccccc1)[C@H]1CCCN(S(=O)(=O)c2ccc(Cl)cc2)C1. The second-order valence-electron chi connectivity index (χ2n) is 6.99. The number of sulfonamides is 1. The topological polar surface area (TPSA) is 66.5 Å². The lowest BCUT2D eigenvalue weighted by Crippen LogP contribution is -2.45. The Hall–Kier alpha value is -1.54. The van der Waals surface area contributed by atoms with Crippen molar-refractivity contribution in [3.05, 3.63) is 65.2 Å². The van der Waals surface area contributed by atoms with Crippen LogP contribution in [-0.4, -0.2) is 44.0 Å². The van der Waals surface area contributed by atoms with Gasteiger partial charge in [0, 0.05) is 36.2 Å². The lowest BCUT2D eigenvalue weighted by atomic mass is 9.99. The van der Waals surface area contributed by atoms with Gasteiger partial charge in [0.15, 0.2) is 0 Å². The summed E-state index contributed by atoms with van der Waals surface area (Å²) >= 11 is 7.62. The Morgan fingerprint density at radius 2 is 1.86 bits per heavy atom. The molecule has 156 valence electrons. The van der Waals surface area contributed by atoms with Crippen LogP contribution in [0, 0.1) is 5.92 Å². The van der Waals surface area contributed by atoms with Crippen LogP contribution < -0.4 is 5.32 Å². The fourth-order valence-electron chi connectivity index (χ4n) is 3.29. The van der Waals surface area contributed by atoms with E-state index in [1.54, 1.807) is 23.9 Å². The van der Waals surface area contributed by atoms with E-state index in [-0.39, 0.29) is 23.3 Å². The second kappa shape index (κ2) is 10.5. The normalized spacial score (nSPS) is 17.8. The molecule has 1 N–H and O–H groups in total. The highest BCUT2D eigenvalue weighted by atomic mass is 35.5. The lowest BCUT2D eigenvalue weighted by Gasteiger charge is -2.31. The number of thioether (sulfide) groups is 1. The molecule has 0 aliphatic carbocycles. The van der Waals surface area contributed by atoms with Crippen LogP contribution in [0.15, 0.2) is 59.5 Å². The molecule has 0 saturated carbocycles. The van der Waals surface area contributed by atoms with Crippen LogP contribution in [0.2, 0.25) is 5.02 Å². The van der Waals surface area contributed by atoms with Gasteiger partial charge in [-0.05, 0) is 42.7 Å². The number of halogens is 1. The zero-order valence-corrected chi connectivity index (χ0v) is 18.5. The number of benzene rings is 2. The van der Waals surface area contributed by atoms with Crippen molar-refractivity contribution < 1.29 is 13.2 Å². The maximum atomic E-state index is 12.8. The number of rotatable bonds is 8. The maximum absolute atomic E-state index is 12.8. The first-order valence-corrected chi connectivity index (χ1v) is 12.6. The molecule has 8 heteroatoms. The van der Waals surface area contributed by atoms with Gasteiger partial charge in [-0.3, -0.25) is 4.79 Å². The lowest BCUT2D eigenvalue weighted by molar-refractivity contribution is -0.125. The molecule has 1 aliphatic heterocycles. The highest BCUT2D eigenvalue weighted by Gasteiger charge is 2.33. The number of hydrogen-bond acceptors (Lipinski definition) is 4. The summed E-state index contributed by atoms with van der Waals surface area (Å²) < 4.78 is 27.1. The molecule has 0 bridgehead atoms. The van der Waals surface area contributed by atoms with Gasteiger partial charge in [0.1, 0.15) is 0 Å². The van der Waals surface area contributed by atoms with E-state index in [0.29, 0.717) is 31.0 Å². The van der Waals surface area contributed by atoms with E-state index in [1.165, 1.54) is 22.0 Å². The van der Waals surface area contributed by atoms with Crippen molar-refractivity contribution in [3.63, 3.8) is 0 Å². The molecule has 1 fully saturated rings. The summed E-state index contributed by atoms with van der Waals surface area (Å²) in [5.74, 6) is 1.35. The molecular weight excluding hydrogens is 428 g/mol. The molecule has 1 heterocycles. The molecule has 1 aliphatic rings. The minimum Gasteiger partial charge on any atom is -0.355 e. The van der Waals surface area contributed by atoms with Crippen LogP contribution in [0.25, 0.3) is 0 Å². The van der Waals surface area contributed by atoms with Crippen LogP contribution >= 0.6 is 23.4 Å². The summed E-state index contributed by atoms with van der Waals surface area (Å²) in [5, 5.41) is 3.45. The first-order chi connectivity index (χ1) is 14.0. The van der Waals surface area contributed by atoms with Gasteiger partial charge < -0.3 is 5.32 Å². The summed E-state index contributed by atoms with van der Waals surface area (Å²) in [5.41, 5.74) is 1.26. The number of piperidine rings is 1. The van der Waals surface area contributed by atoms with Gasteiger partial charge in [-0.1, -0.05) is 41.9 Å². The fourth-order valence-corrected chi connectivity index (χ4v) is 5.75. The Morgan fingerprint density at radius 1 is 1.14 bits per heavy atom. The van der Waals surface area contributed by atoms with Gasteiger partial charge in [0.05, 0.1) is 10.8 Å². The van der Waals surface area contributed by atoms with Crippen LogP contribution in [0.5, 0.6) is 0 Å². The number of carbonyl (C=O) groups excluding carboxylic acids is 1. The largest absolute Gasteiger partial charge is 0.355 e. The number of nitrogens with zero attached hydrogens (tertiary/aromatic N) is 1. The Balaban J connectivity index is 1.47. The third-order valence-corrected chi connectivity index (χ3v) is 8.03. The predicted octanol–water partition coefficient (Wildman–Crippen LogP) is 3.79. The maximum Gasteiger partial charge on any atom is 0.243 e. The molecule has 29 heavy (non-hydrogen) atoms. The minimum absolute atomic E-state index is 0.0682. The van der Waals surface area contributed by atoms with Gasteiger partial charge in [-0.15, -0.1) is 0 Å². The van der Waals surface area contributed by atoms with Crippen molar-refractivity contribution in [2.24, 2.45) is 5.92 Å². The molecule has 0 radical (unpaired) electrons. The van der Waals surface area contributed by atoms with Gasteiger partial charge in [-0.25, -0.2) is 8.42 Å². The Labute approximate surface area is 181 Å². The van der Waals surface area contributed by atoms with Gasteiger partial charge in [0.2, 0.25) is 15.9 Å². The molecule has 5 nitrogen and oxygen atoms in total. The molecule has 0 aromatic heterocycles. The van der Waals surface area contributed by atoms with Crippen molar-refractivity contribution in [1.82, 2.24) is 9.62 Å². The van der Waals surface area contributed by atoms with Gasteiger partial charge in [0.25, 0.3) is 0 Å². The van der Waals surface area contributed by atoms with Crippen molar-refractivity contribution in [1.29, 1.82) is 0 Å². The van der Waals surface area contributed by atoms with Crippen LogP contribution in [-0.2, 0) is 20.6 Å². The highest BCUT2D eigenvalue weighted by molar-refractivity contribution is 7.98. The Kier molecular flexibility index (Phi) is 8.00. The molecule has 1 amide bonds. The van der Waals surface area contributed by atoms with E-state index in [2.05, 4.69) is 17.4 Å². The summed E-state index contributed by atoms with van der Waals surface area (Å²) in [6, 6.07) is 16.3. The molecule has 2 aromatic rings. The molecule has 1 atom stereocenters. The molecule has 0 unspecified atom stereocenters. The third kappa shape index (κ3) is 6.22. The first-order valence-electron chi connectivity index (χ1n) is 9.62. The van der Waals surface area contributed by atoms with Crippen molar-refractivity contribution in [2.45, 2.75) is 23.5 Å². The van der Waals surface area contributed by atoms with Gasteiger partial charge >= 0.3 is 0 Å². The van der Waals surface area contributed by atoms with Crippen LogP contribution in [0.4, 0.5) is 0 Å². The molecule has 1 saturated heterocycles. The average Bonchev–Trinajstić information content (AvgIpc) is 2.74. The summed E-state index contributed by atoms with van der Waals surface area (Å²) in [6.07, 6.45) is 1.38. The van der Waals surface area contributed by atoms with E-state index >= 15 is 0 Å². The van der Waals surface area contributed by atoms with Crippen LogP contribution in [0.1, 0.15) is 18.4 Å². The zero-order valence-electron chi connectivity index (χ0n) is 16.1. The fraction of sp³-hybridized carbons (Fsp3) is 0.381. The van der Waals surface area contributed by atoms with Crippen LogP contribution in [0.3, 0.4) is 0 Å². The Bertz CT molecular complexity index is 905. The predicted molar refractivity (Wildman–Crippen MR) is 119 cm³/mol. The van der Waals surface area contributed by atoms with E-state index in [0.717, 1.165) is 11.5 Å². The molecule has 2 aromatic carbocycles. The van der Waals surface area contributed by atoms with Gasteiger partial charge in [-0.2, -0.15) is 16.1 Å². The summed E-state index contributed by atoms with van der Waals surface area (Å²) in [4.78, 5) is 12.7.